The third-order valence-electron chi connectivity index (χ3n) is 4.04. The molecule has 23 heavy (non-hydrogen) atoms. The molecule has 3 rings (SSSR count). The van der Waals surface area contributed by atoms with Crippen LogP contribution in [-0.2, 0) is 30.7 Å². The number of thioether (sulfide) groups is 1. The van der Waals surface area contributed by atoms with Crippen LogP contribution in [0.25, 0.3) is 0 Å². The Bertz CT molecular complexity index is 766. The monoisotopic (exact) mass is 348 g/mol. The minimum absolute atomic E-state index is 0.00655. The molecule has 0 radical (unpaired) electrons. The van der Waals surface area contributed by atoms with Crippen molar-refractivity contribution in [3.05, 3.63) is 39.9 Å². The van der Waals surface area contributed by atoms with Crippen LogP contribution in [-0.4, -0.2) is 26.4 Å². The van der Waals surface area contributed by atoms with E-state index in [0.717, 1.165) is 23.7 Å². The zero-order chi connectivity index (χ0) is 16.2. The number of carbonyl (C=O) groups is 1. The van der Waals surface area contributed by atoms with Gasteiger partial charge in [0.2, 0.25) is 5.91 Å². The molecule has 122 valence electrons. The zero-order valence-corrected chi connectivity index (χ0v) is 14.7. The Labute approximate surface area is 144 Å². The van der Waals surface area contributed by atoms with Crippen LogP contribution in [0.3, 0.4) is 0 Å². The third kappa shape index (κ3) is 3.84. The Kier molecular flexibility index (Phi) is 5.17. The summed E-state index contributed by atoms with van der Waals surface area (Å²) in [6.45, 7) is 3.13. The molecule has 1 heterocycles. The van der Waals surface area contributed by atoms with Gasteiger partial charge in [-0.15, -0.1) is 11.8 Å². The molecule has 0 unspecified atom stereocenters. The van der Waals surface area contributed by atoms with E-state index in [0.29, 0.717) is 17.1 Å². The fraction of sp³-hybridized carbons (Fsp3) is 0.438. The standard InChI is InChI=1S/C16H20N4OS2/c1-2-20-14(18-19-16(20)22)9-17-15(21)10-23-13-7-6-11-4-3-5-12(11)8-13/h6-8H,2-5,9-10H2,1H3,(H,17,21)(H,19,22). The van der Waals surface area contributed by atoms with E-state index in [1.54, 1.807) is 11.8 Å². The van der Waals surface area contributed by atoms with Gasteiger partial charge in [0, 0.05) is 11.4 Å². The van der Waals surface area contributed by atoms with Crippen LogP contribution in [0.15, 0.2) is 23.1 Å². The molecule has 1 aliphatic carbocycles. The molecule has 7 heteroatoms. The first-order valence-corrected chi connectivity index (χ1v) is 9.22. The lowest BCUT2D eigenvalue weighted by molar-refractivity contribution is -0.118. The highest BCUT2D eigenvalue weighted by Crippen LogP contribution is 2.27. The second-order valence-corrected chi connectivity index (χ2v) is 6.97. The van der Waals surface area contributed by atoms with E-state index in [9.17, 15) is 4.79 Å². The van der Waals surface area contributed by atoms with E-state index in [1.165, 1.54) is 24.0 Å². The van der Waals surface area contributed by atoms with Crippen LogP contribution < -0.4 is 5.32 Å². The number of nitrogens with one attached hydrogen (secondary N) is 2. The van der Waals surface area contributed by atoms with Gasteiger partial charge in [0.15, 0.2) is 10.6 Å². The third-order valence-corrected chi connectivity index (χ3v) is 5.34. The van der Waals surface area contributed by atoms with E-state index in [1.807, 2.05) is 11.5 Å². The molecule has 1 aromatic carbocycles. The zero-order valence-electron chi connectivity index (χ0n) is 13.1. The van der Waals surface area contributed by atoms with E-state index < -0.39 is 0 Å². The summed E-state index contributed by atoms with van der Waals surface area (Å²) in [5, 5.41) is 9.79. The Morgan fingerprint density at radius 2 is 2.26 bits per heavy atom. The minimum Gasteiger partial charge on any atom is -0.348 e. The number of amides is 1. The fourth-order valence-electron chi connectivity index (χ4n) is 2.83. The number of rotatable bonds is 6. The van der Waals surface area contributed by atoms with Crippen molar-refractivity contribution in [3.63, 3.8) is 0 Å². The summed E-state index contributed by atoms with van der Waals surface area (Å²) in [5.41, 5.74) is 2.90. The van der Waals surface area contributed by atoms with Gasteiger partial charge in [0.1, 0.15) is 0 Å². The molecule has 2 aromatic rings. The molecule has 2 N–H and O–H groups in total. The first kappa shape index (κ1) is 16.3. The van der Waals surface area contributed by atoms with Gasteiger partial charge < -0.3 is 9.88 Å². The molecular weight excluding hydrogens is 328 g/mol. The molecule has 0 atom stereocenters. The molecule has 0 bridgehead atoms. The topological polar surface area (TPSA) is 62.7 Å². The minimum atomic E-state index is 0.00655. The summed E-state index contributed by atoms with van der Waals surface area (Å²) >= 11 is 6.71. The number of aromatic nitrogens is 3. The molecule has 0 saturated carbocycles. The van der Waals surface area contributed by atoms with Crippen LogP contribution in [0.4, 0.5) is 0 Å². The van der Waals surface area contributed by atoms with Crippen LogP contribution in [0.2, 0.25) is 0 Å². The van der Waals surface area contributed by atoms with Gasteiger partial charge in [0.25, 0.3) is 0 Å². The molecule has 5 nitrogen and oxygen atoms in total. The number of hydrogen-bond acceptors (Lipinski definition) is 4. The van der Waals surface area contributed by atoms with E-state index in [4.69, 9.17) is 12.2 Å². The number of aromatic amines is 1. The van der Waals surface area contributed by atoms with Crippen molar-refractivity contribution in [2.24, 2.45) is 0 Å². The quantitative estimate of drug-likeness (QED) is 0.622. The second-order valence-electron chi connectivity index (χ2n) is 5.54. The van der Waals surface area contributed by atoms with Crippen LogP contribution in [0.1, 0.15) is 30.3 Å². The summed E-state index contributed by atoms with van der Waals surface area (Å²) in [6.07, 6.45) is 3.60. The number of benzene rings is 1. The molecule has 0 aliphatic heterocycles. The summed E-state index contributed by atoms with van der Waals surface area (Å²) < 4.78 is 2.47. The Morgan fingerprint density at radius 3 is 3.09 bits per heavy atom. The van der Waals surface area contributed by atoms with Gasteiger partial charge >= 0.3 is 0 Å². The Hall–Kier alpha value is -1.60. The predicted octanol–water partition coefficient (Wildman–Crippen LogP) is 2.86. The molecule has 0 saturated heterocycles. The second kappa shape index (κ2) is 7.31. The van der Waals surface area contributed by atoms with E-state index in [2.05, 4.69) is 33.7 Å². The van der Waals surface area contributed by atoms with Gasteiger partial charge in [-0.05, 0) is 61.7 Å². The summed E-state index contributed by atoms with van der Waals surface area (Å²) in [7, 11) is 0. The molecule has 0 spiro atoms. The Morgan fingerprint density at radius 1 is 1.43 bits per heavy atom. The van der Waals surface area contributed by atoms with Gasteiger partial charge in [-0.1, -0.05) is 6.07 Å². The highest BCUT2D eigenvalue weighted by Gasteiger charge is 2.12. The predicted molar refractivity (Wildman–Crippen MR) is 94.1 cm³/mol. The van der Waals surface area contributed by atoms with Crippen LogP contribution in [0.5, 0.6) is 0 Å². The maximum absolute atomic E-state index is 12.0. The fourth-order valence-corrected chi connectivity index (χ4v) is 3.90. The van der Waals surface area contributed by atoms with E-state index in [-0.39, 0.29) is 5.91 Å². The maximum Gasteiger partial charge on any atom is 0.230 e. The lowest BCUT2D eigenvalue weighted by Gasteiger charge is -2.07. The summed E-state index contributed by atoms with van der Waals surface area (Å²) in [5.74, 6) is 1.18. The van der Waals surface area contributed by atoms with Crippen molar-refractivity contribution in [2.45, 2.75) is 44.2 Å². The van der Waals surface area contributed by atoms with Crippen molar-refractivity contribution in [2.75, 3.05) is 5.75 Å². The SMILES string of the molecule is CCn1c(CNC(=O)CSc2ccc3c(c2)CCC3)n[nH]c1=S. The summed E-state index contributed by atoms with van der Waals surface area (Å²) in [6, 6.07) is 6.54. The lowest BCUT2D eigenvalue weighted by atomic mass is 10.1. The smallest absolute Gasteiger partial charge is 0.230 e. The summed E-state index contributed by atoms with van der Waals surface area (Å²) in [4.78, 5) is 13.2. The molecule has 0 fully saturated rings. The van der Waals surface area contributed by atoms with Crippen LogP contribution in [0, 0.1) is 4.77 Å². The number of fused-ring (bicyclic) bond motifs is 1. The first-order valence-electron chi connectivity index (χ1n) is 7.82. The average molecular weight is 348 g/mol. The first-order chi connectivity index (χ1) is 11.2. The molecule has 1 aliphatic rings. The van der Waals surface area contributed by atoms with Gasteiger partial charge in [-0.2, -0.15) is 5.10 Å². The van der Waals surface area contributed by atoms with Gasteiger partial charge in [0.05, 0.1) is 12.3 Å². The molecular formula is C16H20N4OS2. The van der Waals surface area contributed by atoms with E-state index >= 15 is 0 Å². The highest BCUT2D eigenvalue weighted by atomic mass is 32.2. The number of hydrogen-bond donors (Lipinski definition) is 2. The van der Waals surface area contributed by atoms with Crippen molar-refractivity contribution in [3.8, 4) is 0 Å². The Balaban J connectivity index is 1.51. The number of carbonyl (C=O) groups excluding carboxylic acids is 1. The van der Waals surface area contributed by atoms with Crippen molar-refractivity contribution >= 4 is 29.9 Å². The lowest BCUT2D eigenvalue weighted by Crippen LogP contribution is -2.26. The normalized spacial score (nSPS) is 13.1. The largest absolute Gasteiger partial charge is 0.348 e. The van der Waals surface area contributed by atoms with Gasteiger partial charge in [-0.3, -0.25) is 9.89 Å². The number of aryl methyl sites for hydroxylation is 2. The average Bonchev–Trinajstić information content (AvgIpc) is 3.16. The molecule has 1 amide bonds. The van der Waals surface area contributed by atoms with Crippen LogP contribution >= 0.6 is 24.0 Å². The maximum atomic E-state index is 12.0. The van der Waals surface area contributed by atoms with Gasteiger partial charge in [-0.25, -0.2) is 0 Å². The molecule has 1 aromatic heterocycles. The number of nitrogens with zero attached hydrogens (tertiary/aromatic N) is 2. The van der Waals surface area contributed by atoms with Crippen molar-refractivity contribution in [1.29, 1.82) is 0 Å². The van der Waals surface area contributed by atoms with Crippen molar-refractivity contribution in [1.82, 2.24) is 20.1 Å². The highest BCUT2D eigenvalue weighted by molar-refractivity contribution is 8.00. The number of H-pyrrole nitrogens is 1. The van der Waals surface area contributed by atoms with Crippen molar-refractivity contribution < 1.29 is 4.79 Å².